The Kier molecular flexibility index (Phi) is 18.2. The number of hydrogen-bond donors (Lipinski definition) is 6. The van der Waals surface area contributed by atoms with Gasteiger partial charge in [-0.1, -0.05) is 133 Å². The molecule has 2 aliphatic heterocycles. The zero-order chi connectivity index (χ0) is 55.1. The SMILES string of the molecule is CN[C@@H](C)C(=O)NC(C(=O)N1Cc2ccccc2C[C@H]1C(=O)N(Cc1ccccc1)Cc1ccc(C(=O)N[C@H]2C[C@@H](C(=O)N[C@@H]3CCCc4ccccc43)N(C(=O)[C@@H](NC(=O)[C@H](C)NC)C(C)(C)C)C2)cc1)C(C)(C)C. The highest BCUT2D eigenvalue weighted by Gasteiger charge is 2.47. The van der Waals surface area contributed by atoms with Crippen molar-refractivity contribution in [2.45, 2.75) is 155 Å². The minimum Gasteiger partial charge on any atom is -0.347 e. The van der Waals surface area contributed by atoms with Gasteiger partial charge >= 0.3 is 0 Å². The normalized spacial score (nSPS) is 19.9. The Balaban J connectivity index is 1.12. The van der Waals surface area contributed by atoms with E-state index in [4.69, 9.17) is 0 Å². The zero-order valence-electron chi connectivity index (χ0n) is 46.0. The third kappa shape index (κ3) is 13.5. The number of nitrogens with zero attached hydrogens (tertiary/aromatic N) is 3. The Morgan fingerprint density at radius 1 is 0.618 bits per heavy atom. The van der Waals surface area contributed by atoms with Gasteiger partial charge in [-0.2, -0.15) is 0 Å². The van der Waals surface area contributed by atoms with Crippen LogP contribution in [0.4, 0.5) is 0 Å². The third-order valence-electron chi connectivity index (χ3n) is 15.3. The van der Waals surface area contributed by atoms with Gasteiger partial charge in [0, 0.05) is 44.2 Å². The molecular weight excluding hydrogens is 959 g/mol. The van der Waals surface area contributed by atoms with Gasteiger partial charge in [-0.25, -0.2) is 0 Å². The van der Waals surface area contributed by atoms with Gasteiger partial charge in [-0.3, -0.25) is 33.6 Å². The van der Waals surface area contributed by atoms with Crippen LogP contribution in [-0.2, 0) is 61.2 Å². The van der Waals surface area contributed by atoms with Crippen molar-refractivity contribution in [1.29, 1.82) is 0 Å². The quantitative estimate of drug-likeness (QED) is 0.0808. The van der Waals surface area contributed by atoms with Crippen molar-refractivity contribution in [1.82, 2.24) is 46.6 Å². The third-order valence-corrected chi connectivity index (χ3v) is 15.3. The number of hydrogen-bond acceptors (Lipinski definition) is 9. The predicted molar refractivity (Wildman–Crippen MR) is 293 cm³/mol. The second-order valence-corrected chi connectivity index (χ2v) is 23.0. The number of carbonyl (C=O) groups is 7. The average molecular weight is 1040 g/mol. The molecule has 0 aromatic heterocycles. The number of rotatable bonds is 17. The lowest BCUT2D eigenvalue weighted by Crippen LogP contribution is -2.62. The maximum Gasteiger partial charge on any atom is 0.251 e. The Hall–Kier alpha value is -6.91. The van der Waals surface area contributed by atoms with E-state index < -0.39 is 64.9 Å². The molecule has 1 aliphatic carbocycles. The van der Waals surface area contributed by atoms with E-state index in [-0.39, 0.29) is 74.6 Å². The average Bonchev–Trinajstić information content (AvgIpc) is 3.85. The molecule has 406 valence electrons. The van der Waals surface area contributed by atoms with E-state index >= 15 is 4.79 Å². The largest absolute Gasteiger partial charge is 0.347 e. The molecule has 7 amide bonds. The van der Waals surface area contributed by atoms with E-state index in [9.17, 15) is 28.8 Å². The molecule has 7 rings (SSSR count). The van der Waals surface area contributed by atoms with E-state index in [1.165, 1.54) is 10.5 Å². The van der Waals surface area contributed by atoms with Crippen molar-refractivity contribution in [2.24, 2.45) is 10.8 Å². The minimum atomic E-state index is -0.963. The minimum absolute atomic E-state index is 0.0473. The smallest absolute Gasteiger partial charge is 0.251 e. The van der Waals surface area contributed by atoms with E-state index in [1.807, 2.05) is 114 Å². The summed E-state index contributed by atoms with van der Waals surface area (Å²) in [7, 11) is 3.35. The molecular formula is C60H79N9O7. The van der Waals surface area contributed by atoms with Crippen molar-refractivity contribution in [3.8, 4) is 0 Å². The predicted octanol–water partition coefficient (Wildman–Crippen LogP) is 5.34. The Bertz CT molecular complexity index is 2740. The molecule has 1 unspecified atom stereocenters. The molecule has 0 saturated carbocycles. The summed E-state index contributed by atoms with van der Waals surface area (Å²) < 4.78 is 0. The van der Waals surface area contributed by atoms with Crippen LogP contribution in [0, 0.1) is 10.8 Å². The first-order valence-corrected chi connectivity index (χ1v) is 26.8. The van der Waals surface area contributed by atoms with Crippen molar-refractivity contribution >= 4 is 41.4 Å². The van der Waals surface area contributed by atoms with Crippen LogP contribution in [0.1, 0.15) is 124 Å². The zero-order valence-corrected chi connectivity index (χ0v) is 46.0. The van der Waals surface area contributed by atoms with Crippen LogP contribution in [0.3, 0.4) is 0 Å². The maximum absolute atomic E-state index is 15.2. The summed E-state index contributed by atoms with van der Waals surface area (Å²) in [6, 6.07) is 26.9. The molecule has 1 saturated heterocycles. The molecule has 0 radical (unpaired) electrons. The van der Waals surface area contributed by atoms with Gasteiger partial charge in [0.25, 0.3) is 5.91 Å². The van der Waals surface area contributed by atoms with Crippen molar-refractivity contribution in [3.05, 3.63) is 142 Å². The highest BCUT2D eigenvalue weighted by Crippen LogP contribution is 2.33. The maximum atomic E-state index is 15.2. The van der Waals surface area contributed by atoms with Crippen molar-refractivity contribution in [3.63, 3.8) is 0 Å². The lowest BCUT2D eigenvalue weighted by molar-refractivity contribution is -0.151. The number of likely N-dealkylation sites (N-methyl/N-ethyl adjacent to an activating group) is 2. The summed E-state index contributed by atoms with van der Waals surface area (Å²) in [6.07, 6.45) is 3.02. The molecule has 0 spiro atoms. The molecule has 16 heteroatoms. The molecule has 2 heterocycles. The summed E-state index contributed by atoms with van der Waals surface area (Å²) in [5.74, 6) is -2.40. The number of nitrogens with one attached hydrogen (secondary N) is 6. The van der Waals surface area contributed by atoms with Crippen LogP contribution in [0.15, 0.2) is 103 Å². The number of likely N-dealkylation sites (tertiary alicyclic amines) is 1. The van der Waals surface area contributed by atoms with Gasteiger partial charge in [0.1, 0.15) is 24.2 Å². The molecule has 8 atom stereocenters. The van der Waals surface area contributed by atoms with E-state index in [0.29, 0.717) is 5.56 Å². The van der Waals surface area contributed by atoms with Crippen LogP contribution < -0.4 is 31.9 Å². The number of aryl methyl sites for hydroxylation is 1. The van der Waals surface area contributed by atoms with Gasteiger partial charge in [0.05, 0.1) is 18.1 Å². The first-order chi connectivity index (χ1) is 36.1. The Labute approximate surface area is 448 Å². The molecule has 4 aromatic carbocycles. The fraction of sp³-hybridized carbons (Fsp3) is 0.483. The van der Waals surface area contributed by atoms with E-state index in [2.05, 4.69) is 38.0 Å². The molecule has 0 bridgehead atoms. The lowest BCUT2D eigenvalue weighted by Gasteiger charge is -2.42. The van der Waals surface area contributed by atoms with Crippen LogP contribution in [0.5, 0.6) is 0 Å². The summed E-state index contributed by atoms with van der Waals surface area (Å²) in [6.45, 7) is 15.4. The van der Waals surface area contributed by atoms with Gasteiger partial charge in [-0.05, 0) is 110 Å². The lowest BCUT2D eigenvalue weighted by atomic mass is 9.84. The summed E-state index contributed by atoms with van der Waals surface area (Å²) in [5.41, 5.74) is 4.73. The van der Waals surface area contributed by atoms with Gasteiger partial charge in [0.15, 0.2) is 0 Å². The number of benzene rings is 4. The number of carbonyl (C=O) groups excluding carboxylic acids is 7. The topological polar surface area (TPSA) is 201 Å². The van der Waals surface area contributed by atoms with Crippen molar-refractivity contribution in [2.75, 3.05) is 20.6 Å². The molecule has 3 aliphatic rings. The number of amides is 7. The second-order valence-electron chi connectivity index (χ2n) is 23.0. The van der Waals surface area contributed by atoms with Crippen LogP contribution in [0.2, 0.25) is 0 Å². The van der Waals surface area contributed by atoms with Crippen LogP contribution in [0.25, 0.3) is 0 Å². The van der Waals surface area contributed by atoms with Crippen LogP contribution in [-0.4, -0.2) is 119 Å². The highest BCUT2D eigenvalue weighted by molar-refractivity contribution is 5.97. The van der Waals surface area contributed by atoms with Crippen LogP contribution >= 0.6 is 0 Å². The molecule has 76 heavy (non-hydrogen) atoms. The molecule has 4 aromatic rings. The summed E-state index contributed by atoms with van der Waals surface area (Å²) in [4.78, 5) is 105. The van der Waals surface area contributed by atoms with Gasteiger partial charge < -0.3 is 46.6 Å². The monoisotopic (exact) mass is 1040 g/mol. The van der Waals surface area contributed by atoms with Gasteiger partial charge in [-0.15, -0.1) is 0 Å². The Morgan fingerprint density at radius 3 is 1.72 bits per heavy atom. The molecule has 6 N–H and O–H groups in total. The first-order valence-electron chi connectivity index (χ1n) is 26.8. The fourth-order valence-electron chi connectivity index (χ4n) is 10.5. The standard InChI is InChI=1S/C60H79N9O7/c1-37(61-9)52(70)65-50(59(3,4)5)57(75)68-35-44-23-15-14-22-43(44)31-49(68)56(74)67(33-39-19-12-11-13-20-39)34-40-27-29-42(30-28-40)54(72)63-45-32-48(55(73)64-47-26-18-24-41-21-16-17-25-46(41)47)69(36-45)58(76)51(60(6,7)8)66-53(71)38(2)62-10/h11-17,19-23,25,27-30,37-38,45,47-51,61-62H,18,24,26,31-36H2,1-10H3,(H,63,72)(H,64,73)(H,65,70)(H,66,71)/t37-,38-,45-,47+,48-,49-,50?,51+/m0/s1. The summed E-state index contributed by atoms with van der Waals surface area (Å²) in [5, 5.41) is 18.2. The summed E-state index contributed by atoms with van der Waals surface area (Å²) >= 11 is 0. The van der Waals surface area contributed by atoms with E-state index in [0.717, 1.165) is 47.1 Å². The van der Waals surface area contributed by atoms with Crippen molar-refractivity contribution < 1.29 is 33.6 Å². The van der Waals surface area contributed by atoms with Gasteiger partial charge in [0.2, 0.25) is 35.4 Å². The molecule has 1 fully saturated rings. The number of fused-ring (bicyclic) bond motifs is 2. The molecule has 16 nitrogen and oxygen atoms in total. The highest BCUT2D eigenvalue weighted by atomic mass is 16.2. The first kappa shape index (κ1) is 56.8. The Morgan fingerprint density at radius 2 is 1.14 bits per heavy atom. The fourth-order valence-corrected chi connectivity index (χ4v) is 10.5. The van der Waals surface area contributed by atoms with E-state index in [1.54, 1.807) is 62.0 Å². The second kappa shape index (κ2) is 24.4.